The van der Waals surface area contributed by atoms with Gasteiger partial charge in [-0.1, -0.05) is 0 Å². The van der Waals surface area contributed by atoms with Gasteiger partial charge < -0.3 is 5.32 Å². The number of halogens is 6. The number of nitrogens with one attached hydrogen (secondary N) is 1. The SMILES string of the molecule is C[C@H](NC(=O)c1cc(C(F)(F)F)cc(C(F)(F)F)c1)c1ncnn1-c1ccc(N=S2(=O)CCC2)cn1. The fraction of sp³-hybridized carbons (Fsp3) is 0.333. The van der Waals surface area contributed by atoms with Crippen LogP contribution in [0.2, 0.25) is 0 Å². The number of alkyl halides is 6. The summed E-state index contributed by atoms with van der Waals surface area (Å²) in [6.07, 6.45) is -6.79. The second-order valence-electron chi connectivity index (χ2n) is 8.02. The maximum absolute atomic E-state index is 13.1. The van der Waals surface area contributed by atoms with Gasteiger partial charge in [-0.3, -0.25) is 4.79 Å². The van der Waals surface area contributed by atoms with E-state index < -0.39 is 50.7 Å². The van der Waals surface area contributed by atoms with Crippen LogP contribution < -0.4 is 5.32 Å². The van der Waals surface area contributed by atoms with Gasteiger partial charge in [0.2, 0.25) is 0 Å². The number of hydrogen-bond donors (Lipinski definition) is 1. The van der Waals surface area contributed by atoms with E-state index in [1.807, 2.05) is 0 Å². The summed E-state index contributed by atoms with van der Waals surface area (Å²) in [7, 11) is -2.23. The van der Waals surface area contributed by atoms with Crippen molar-refractivity contribution in [3.05, 3.63) is 65.4 Å². The number of nitrogens with zero attached hydrogens (tertiary/aromatic N) is 5. The highest BCUT2D eigenvalue weighted by Gasteiger charge is 2.37. The van der Waals surface area contributed by atoms with Gasteiger partial charge >= 0.3 is 12.4 Å². The molecule has 0 spiro atoms. The maximum Gasteiger partial charge on any atom is 0.416 e. The summed E-state index contributed by atoms with van der Waals surface area (Å²) in [5.74, 6) is 0.253. The molecule has 1 atom stereocenters. The molecule has 1 aliphatic heterocycles. The van der Waals surface area contributed by atoms with E-state index in [1.165, 1.54) is 23.9 Å². The Bertz CT molecular complexity index is 1370. The molecule has 1 amide bonds. The molecule has 0 bridgehead atoms. The molecule has 192 valence electrons. The Hall–Kier alpha value is -3.49. The minimum absolute atomic E-state index is 0.0560. The van der Waals surface area contributed by atoms with Crippen LogP contribution in [0.4, 0.5) is 32.0 Å². The van der Waals surface area contributed by atoms with E-state index >= 15 is 0 Å². The van der Waals surface area contributed by atoms with Gasteiger partial charge in [0.1, 0.15) is 6.33 Å². The summed E-state index contributed by atoms with van der Waals surface area (Å²) in [5, 5.41) is 6.36. The summed E-state index contributed by atoms with van der Waals surface area (Å²) in [5.41, 5.74) is -3.60. The molecular weight excluding hydrogens is 514 g/mol. The average molecular weight is 532 g/mol. The Morgan fingerprint density at radius 1 is 1.06 bits per heavy atom. The lowest BCUT2D eigenvalue weighted by molar-refractivity contribution is -0.143. The molecule has 3 heterocycles. The van der Waals surface area contributed by atoms with E-state index in [-0.39, 0.29) is 17.7 Å². The van der Waals surface area contributed by atoms with Crippen LogP contribution in [-0.4, -0.2) is 41.4 Å². The van der Waals surface area contributed by atoms with Gasteiger partial charge in [-0.25, -0.2) is 14.2 Å². The van der Waals surface area contributed by atoms with Crippen molar-refractivity contribution >= 4 is 21.3 Å². The molecule has 1 saturated heterocycles. The molecule has 3 aromatic rings. The maximum atomic E-state index is 13.1. The zero-order valence-electron chi connectivity index (χ0n) is 18.5. The fourth-order valence-electron chi connectivity index (χ4n) is 3.38. The molecule has 0 saturated carbocycles. The summed E-state index contributed by atoms with van der Waals surface area (Å²) in [6.45, 7) is 1.43. The summed E-state index contributed by atoms with van der Waals surface area (Å²) >= 11 is 0. The Morgan fingerprint density at radius 3 is 2.19 bits per heavy atom. The molecule has 36 heavy (non-hydrogen) atoms. The predicted molar refractivity (Wildman–Crippen MR) is 116 cm³/mol. The summed E-state index contributed by atoms with van der Waals surface area (Å²) in [4.78, 5) is 20.8. The van der Waals surface area contributed by atoms with Crippen molar-refractivity contribution in [3.63, 3.8) is 0 Å². The number of carbonyl (C=O) groups excluding carboxylic acids is 1. The van der Waals surface area contributed by atoms with Gasteiger partial charge in [0.25, 0.3) is 5.91 Å². The number of amides is 1. The van der Waals surface area contributed by atoms with Crippen molar-refractivity contribution in [2.45, 2.75) is 31.7 Å². The minimum atomic E-state index is -5.09. The summed E-state index contributed by atoms with van der Waals surface area (Å²) < 4.78 is 96.4. The van der Waals surface area contributed by atoms with E-state index in [0.29, 0.717) is 29.3 Å². The molecule has 2 aromatic heterocycles. The Morgan fingerprint density at radius 2 is 1.69 bits per heavy atom. The first-order valence-electron chi connectivity index (χ1n) is 10.4. The highest BCUT2D eigenvalue weighted by molar-refractivity contribution is 7.95. The molecule has 1 aliphatic rings. The molecular formula is C21H18F6N6O2S. The first-order valence-corrected chi connectivity index (χ1v) is 12.3. The Kier molecular flexibility index (Phi) is 6.53. The van der Waals surface area contributed by atoms with Crippen LogP contribution in [0.1, 0.15) is 46.7 Å². The molecule has 8 nitrogen and oxygen atoms in total. The molecule has 1 fully saturated rings. The van der Waals surface area contributed by atoms with Crippen LogP contribution in [-0.2, 0) is 22.1 Å². The third-order valence-electron chi connectivity index (χ3n) is 5.31. The molecule has 15 heteroatoms. The van der Waals surface area contributed by atoms with Crippen LogP contribution in [0.3, 0.4) is 0 Å². The van der Waals surface area contributed by atoms with Crippen LogP contribution in [0.15, 0.2) is 47.2 Å². The molecule has 1 aromatic carbocycles. The number of rotatable bonds is 5. The van der Waals surface area contributed by atoms with Crippen molar-refractivity contribution in [1.82, 2.24) is 25.1 Å². The van der Waals surface area contributed by atoms with Gasteiger partial charge in [-0.05, 0) is 43.7 Å². The van der Waals surface area contributed by atoms with Crippen molar-refractivity contribution in [2.75, 3.05) is 11.5 Å². The summed E-state index contributed by atoms with van der Waals surface area (Å²) in [6, 6.07) is 2.76. The van der Waals surface area contributed by atoms with E-state index in [0.717, 1.165) is 12.7 Å². The Labute approximate surface area is 200 Å². The lowest BCUT2D eigenvalue weighted by Crippen LogP contribution is -2.29. The van der Waals surface area contributed by atoms with E-state index in [4.69, 9.17) is 0 Å². The standard InChI is InChI=1S/C21H18F6N6O2S/c1-12(31-19(34)13-7-14(20(22,23)24)9-15(8-13)21(25,26)27)18-29-11-30-33(18)17-4-3-16(10-28-17)32-36(35)5-2-6-36/h3-4,7-12H,2,5-6H2,1H3,(H,31,34)/t12-/m0/s1. The van der Waals surface area contributed by atoms with E-state index in [2.05, 4.69) is 24.7 Å². The number of aromatic nitrogens is 4. The largest absolute Gasteiger partial charge is 0.416 e. The fourth-order valence-corrected chi connectivity index (χ4v) is 4.84. The minimum Gasteiger partial charge on any atom is -0.342 e. The molecule has 0 radical (unpaired) electrons. The monoisotopic (exact) mass is 532 g/mol. The van der Waals surface area contributed by atoms with Crippen LogP contribution in [0, 0.1) is 0 Å². The lowest BCUT2D eigenvalue weighted by Gasteiger charge is -2.18. The lowest BCUT2D eigenvalue weighted by atomic mass is 10.0. The zero-order valence-corrected chi connectivity index (χ0v) is 19.3. The highest BCUT2D eigenvalue weighted by atomic mass is 32.2. The van der Waals surface area contributed by atoms with Crippen molar-refractivity contribution < 1.29 is 35.3 Å². The van der Waals surface area contributed by atoms with Gasteiger partial charge in [0, 0.05) is 17.1 Å². The topological polar surface area (TPSA) is 102 Å². The van der Waals surface area contributed by atoms with Crippen LogP contribution >= 0.6 is 0 Å². The van der Waals surface area contributed by atoms with Gasteiger partial charge in [0.05, 0.1) is 38.8 Å². The third kappa shape index (κ3) is 5.50. The number of hydrogen-bond acceptors (Lipinski definition) is 6. The normalized spacial score (nSPS) is 16.2. The quantitative estimate of drug-likeness (QED) is 0.481. The first kappa shape index (κ1) is 25.6. The molecule has 1 N–H and O–H groups in total. The van der Waals surface area contributed by atoms with E-state index in [1.54, 1.807) is 6.07 Å². The first-order chi connectivity index (χ1) is 16.7. The number of pyridine rings is 1. The second-order valence-corrected chi connectivity index (χ2v) is 10.6. The second kappa shape index (κ2) is 9.19. The van der Waals surface area contributed by atoms with Crippen molar-refractivity contribution in [2.24, 2.45) is 4.36 Å². The zero-order chi connectivity index (χ0) is 26.3. The van der Waals surface area contributed by atoms with Gasteiger partial charge in [-0.2, -0.15) is 40.5 Å². The molecule has 0 unspecified atom stereocenters. The van der Waals surface area contributed by atoms with Gasteiger partial charge in [0.15, 0.2) is 11.6 Å². The van der Waals surface area contributed by atoms with Crippen molar-refractivity contribution in [1.29, 1.82) is 0 Å². The molecule has 4 rings (SSSR count). The molecule has 0 aliphatic carbocycles. The smallest absolute Gasteiger partial charge is 0.342 e. The Balaban J connectivity index is 1.57. The van der Waals surface area contributed by atoms with Gasteiger partial charge in [-0.15, -0.1) is 0 Å². The average Bonchev–Trinajstić information content (AvgIpc) is 3.27. The highest BCUT2D eigenvalue weighted by Crippen LogP contribution is 2.36. The van der Waals surface area contributed by atoms with Crippen LogP contribution in [0.5, 0.6) is 0 Å². The predicted octanol–water partition coefficient (Wildman–Crippen LogP) is 4.69. The number of benzene rings is 1. The van der Waals surface area contributed by atoms with E-state index in [9.17, 15) is 35.3 Å². The number of carbonyl (C=O) groups is 1. The van der Waals surface area contributed by atoms with Crippen molar-refractivity contribution in [3.8, 4) is 5.82 Å². The third-order valence-corrected chi connectivity index (χ3v) is 7.70. The van der Waals surface area contributed by atoms with Crippen LogP contribution in [0.25, 0.3) is 5.82 Å².